The van der Waals surface area contributed by atoms with Crippen LogP contribution in [0.5, 0.6) is 0 Å². The Labute approximate surface area is 90.9 Å². The van der Waals surface area contributed by atoms with E-state index in [4.69, 9.17) is 0 Å². The van der Waals surface area contributed by atoms with Gasteiger partial charge in [-0.05, 0) is 11.6 Å². The molecular formula is C14H15N. The van der Waals surface area contributed by atoms with Gasteiger partial charge in [-0.15, -0.1) is 0 Å². The zero-order valence-electron chi connectivity index (χ0n) is 8.93. The van der Waals surface area contributed by atoms with E-state index in [9.17, 15) is 0 Å². The monoisotopic (exact) mass is 197 g/mol. The number of hydrogen-bond acceptors (Lipinski definition) is 1. The molecule has 1 unspecified atom stereocenters. The van der Waals surface area contributed by atoms with Gasteiger partial charge >= 0.3 is 0 Å². The van der Waals surface area contributed by atoms with E-state index in [0.717, 1.165) is 12.1 Å². The third-order valence-electron chi connectivity index (χ3n) is 2.63. The van der Waals surface area contributed by atoms with Crippen molar-refractivity contribution in [3.63, 3.8) is 0 Å². The molecule has 1 atom stereocenters. The van der Waals surface area contributed by atoms with E-state index in [-0.39, 0.29) is 0 Å². The van der Waals surface area contributed by atoms with E-state index in [1.807, 2.05) is 12.3 Å². The Kier molecular flexibility index (Phi) is 3.13. The standard InChI is InChI=1S/C14H15N/c1-12(13-8-4-2-5-9-13)14-10-6-3-7-11-15-14/h2-6,8-12H,7H2,1H3. The first-order valence-corrected chi connectivity index (χ1v) is 5.32. The van der Waals surface area contributed by atoms with Gasteiger partial charge in [0, 0.05) is 24.3 Å². The minimum atomic E-state index is 0.366. The highest BCUT2D eigenvalue weighted by molar-refractivity contribution is 5.62. The molecule has 1 nitrogen and oxygen atoms in total. The maximum Gasteiger partial charge on any atom is 0.0471 e. The van der Waals surface area contributed by atoms with Crippen molar-refractivity contribution in [1.29, 1.82) is 0 Å². The van der Waals surface area contributed by atoms with Crippen LogP contribution < -0.4 is 0 Å². The molecule has 1 aromatic carbocycles. The lowest BCUT2D eigenvalue weighted by atomic mass is 9.98. The Morgan fingerprint density at radius 1 is 1.20 bits per heavy atom. The van der Waals surface area contributed by atoms with Crippen LogP contribution in [0.3, 0.4) is 0 Å². The zero-order chi connectivity index (χ0) is 10.5. The van der Waals surface area contributed by atoms with Crippen LogP contribution in [0.15, 0.2) is 59.2 Å². The normalized spacial score (nSPS) is 17.0. The van der Waals surface area contributed by atoms with Gasteiger partial charge in [0.15, 0.2) is 0 Å². The van der Waals surface area contributed by atoms with Crippen molar-refractivity contribution in [1.82, 2.24) is 0 Å². The topological polar surface area (TPSA) is 12.4 Å². The van der Waals surface area contributed by atoms with Crippen LogP contribution in [-0.4, -0.2) is 6.21 Å². The zero-order valence-corrected chi connectivity index (χ0v) is 8.93. The van der Waals surface area contributed by atoms with Crippen LogP contribution in [0, 0.1) is 0 Å². The second-order valence-corrected chi connectivity index (χ2v) is 3.70. The predicted octanol–water partition coefficient (Wildman–Crippen LogP) is 3.70. The van der Waals surface area contributed by atoms with Crippen molar-refractivity contribution in [2.45, 2.75) is 19.3 Å². The second-order valence-electron chi connectivity index (χ2n) is 3.70. The average Bonchev–Trinajstić information content (AvgIpc) is 2.58. The van der Waals surface area contributed by atoms with Crippen molar-refractivity contribution < 1.29 is 0 Å². The Bertz CT molecular complexity index is 399. The van der Waals surface area contributed by atoms with Gasteiger partial charge in [0.1, 0.15) is 0 Å². The molecular weight excluding hydrogens is 182 g/mol. The molecule has 0 saturated carbocycles. The van der Waals surface area contributed by atoms with Gasteiger partial charge in [-0.1, -0.05) is 49.4 Å². The summed E-state index contributed by atoms with van der Waals surface area (Å²) in [6, 6.07) is 10.5. The summed E-state index contributed by atoms with van der Waals surface area (Å²) in [4.78, 5) is 4.47. The van der Waals surface area contributed by atoms with E-state index in [1.165, 1.54) is 5.56 Å². The molecule has 1 aliphatic rings. The predicted molar refractivity (Wildman–Crippen MR) is 65.2 cm³/mol. The summed E-state index contributed by atoms with van der Waals surface area (Å²) in [7, 11) is 0. The number of hydrogen-bond donors (Lipinski definition) is 0. The molecule has 15 heavy (non-hydrogen) atoms. The number of benzene rings is 1. The van der Waals surface area contributed by atoms with Crippen molar-refractivity contribution in [3.05, 3.63) is 59.8 Å². The molecule has 1 aliphatic heterocycles. The molecule has 0 bridgehead atoms. The SMILES string of the molecule is CC(C1=CC=CCC=N1)c1ccccc1. The summed E-state index contributed by atoms with van der Waals surface area (Å²) in [5.74, 6) is 0.366. The molecule has 0 amide bonds. The first kappa shape index (κ1) is 9.91. The van der Waals surface area contributed by atoms with Gasteiger partial charge in [-0.3, -0.25) is 4.99 Å². The Balaban J connectivity index is 2.24. The molecule has 1 heteroatoms. The highest BCUT2D eigenvalue weighted by Crippen LogP contribution is 2.25. The Hall–Kier alpha value is -1.63. The van der Waals surface area contributed by atoms with Gasteiger partial charge in [-0.2, -0.15) is 0 Å². The van der Waals surface area contributed by atoms with Gasteiger partial charge in [-0.25, -0.2) is 0 Å². The molecule has 0 aliphatic carbocycles. The smallest absolute Gasteiger partial charge is 0.0471 e. The largest absolute Gasteiger partial charge is 0.265 e. The molecule has 0 radical (unpaired) electrons. The maximum absolute atomic E-state index is 4.47. The molecule has 1 heterocycles. The molecule has 0 spiro atoms. The lowest BCUT2D eigenvalue weighted by molar-refractivity contribution is 0.880. The molecule has 0 fully saturated rings. The van der Waals surface area contributed by atoms with Gasteiger partial charge in [0.2, 0.25) is 0 Å². The summed E-state index contributed by atoms with van der Waals surface area (Å²) in [6.07, 6.45) is 9.20. The van der Waals surface area contributed by atoms with Gasteiger partial charge in [0.05, 0.1) is 0 Å². The van der Waals surface area contributed by atoms with Crippen molar-refractivity contribution in [2.75, 3.05) is 0 Å². The summed E-state index contributed by atoms with van der Waals surface area (Å²) >= 11 is 0. The highest BCUT2D eigenvalue weighted by Gasteiger charge is 2.09. The van der Waals surface area contributed by atoms with Crippen molar-refractivity contribution in [3.8, 4) is 0 Å². The summed E-state index contributed by atoms with van der Waals surface area (Å²) in [5.41, 5.74) is 2.45. The van der Waals surface area contributed by atoms with Crippen LogP contribution >= 0.6 is 0 Å². The lowest BCUT2D eigenvalue weighted by Gasteiger charge is -2.11. The quantitative estimate of drug-likeness (QED) is 0.685. The highest BCUT2D eigenvalue weighted by atomic mass is 14.7. The van der Waals surface area contributed by atoms with Crippen LogP contribution in [0.4, 0.5) is 0 Å². The summed E-state index contributed by atoms with van der Waals surface area (Å²) in [5, 5.41) is 0. The first-order chi connectivity index (χ1) is 7.38. The Morgan fingerprint density at radius 3 is 2.80 bits per heavy atom. The number of aliphatic imine (C=N–C) groups is 1. The third-order valence-corrected chi connectivity index (χ3v) is 2.63. The van der Waals surface area contributed by atoms with Gasteiger partial charge < -0.3 is 0 Å². The molecule has 76 valence electrons. The van der Waals surface area contributed by atoms with Crippen molar-refractivity contribution in [2.24, 2.45) is 4.99 Å². The fraction of sp³-hybridized carbons (Fsp3) is 0.214. The van der Waals surface area contributed by atoms with Crippen LogP contribution in [-0.2, 0) is 0 Å². The minimum absolute atomic E-state index is 0.366. The number of allylic oxidation sites excluding steroid dienone is 4. The van der Waals surface area contributed by atoms with Gasteiger partial charge in [0.25, 0.3) is 0 Å². The van der Waals surface area contributed by atoms with E-state index in [0.29, 0.717) is 5.92 Å². The summed E-state index contributed by atoms with van der Waals surface area (Å²) in [6.45, 7) is 2.19. The third kappa shape index (κ3) is 2.44. The summed E-state index contributed by atoms with van der Waals surface area (Å²) < 4.78 is 0. The van der Waals surface area contributed by atoms with E-state index < -0.39 is 0 Å². The molecule has 0 N–H and O–H groups in total. The van der Waals surface area contributed by atoms with E-state index >= 15 is 0 Å². The van der Waals surface area contributed by atoms with E-state index in [2.05, 4.69) is 54.4 Å². The Morgan fingerprint density at radius 2 is 2.00 bits per heavy atom. The van der Waals surface area contributed by atoms with Crippen LogP contribution in [0.25, 0.3) is 0 Å². The fourth-order valence-corrected chi connectivity index (χ4v) is 1.68. The van der Waals surface area contributed by atoms with Crippen molar-refractivity contribution >= 4 is 6.21 Å². The molecule has 0 saturated heterocycles. The fourth-order valence-electron chi connectivity index (χ4n) is 1.68. The van der Waals surface area contributed by atoms with Crippen LogP contribution in [0.1, 0.15) is 24.8 Å². The average molecular weight is 197 g/mol. The van der Waals surface area contributed by atoms with E-state index in [1.54, 1.807) is 0 Å². The van der Waals surface area contributed by atoms with Crippen LogP contribution in [0.2, 0.25) is 0 Å². The number of nitrogens with zero attached hydrogens (tertiary/aromatic N) is 1. The molecule has 0 aromatic heterocycles. The first-order valence-electron chi connectivity index (χ1n) is 5.32. The number of rotatable bonds is 2. The second kappa shape index (κ2) is 4.74. The lowest BCUT2D eigenvalue weighted by Crippen LogP contribution is -1.95. The maximum atomic E-state index is 4.47. The molecule has 2 rings (SSSR count). The molecule has 1 aromatic rings. The minimum Gasteiger partial charge on any atom is -0.265 e.